The number of hydrogen-bond acceptors (Lipinski definition) is 3. The zero-order chi connectivity index (χ0) is 14.1. The van der Waals surface area contributed by atoms with Crippen molar-refractivity contribution in [1.82, 2.24) is 15.0 Å². The number of rotatable bonds is 3. The molecule has 0 bridgehead atoms. The monoisotopic (exact) mass is 397 g/mol. The molecule has 102 valence electrons. The molecule has 0 aliphatic carbocycles. The lowest BCUT2D eigenvalue weighted by atomic mass is 10.1. The molecule has 2 aromatic heterocycles. The Labute approximate surface area is 133 Å². The van der Waals surface area contributed by atoms with E-state index in [2.05, 4.69) is 61.8 Å². The van der Waals surface area contributed by atoms with Gasteiger partial charge in [0.05, 0.1) is 0 Å². The van der Waals surface area contributed by atoms with Crippen LogP contribution in [0.3, 0.4) is 0 Å². The van der Waals surface area contributed by atoms with Crippen LogP contribution >= 0.6 is 34.4 Å². The van der Waals surface area contributed by atoms with Crippen molar-refractivity contribution < 1.29 is 0 Å². The third-order valence-corrected chi connectivity index (χ3v) is 4.39. The highest BCUT2D eigenvalue weighted by atomic mass is 127. The second-order valence-electron chi connectivity index (χ2n) is 4.42. The highest BCUT2D eigenvalue weighted by Gasteiger charge is 2.10. The highest BCUT2D eigenvalue weighted by Crippen LogP contribution is 2.19. The fraction of sp³-hybridized carbons (Fsp3) is 0.143. The summed E-state index contributed by atoms with van der Waals surface area (Å²) in [7, 11) is 0. The van der Waals surface area contributed by atoms with E-state index >= 15 is 0 Å². The summed E-state index contributed by atoms with van der Waals surface area (Å²) in [6.45, 7) is 0. The summed E-state index contributed by atoms with van der Waals surface area (Å²) in [5, 5.41) is 0.644. The molecular weight excluding hydrogens is 385 g/mol. The van der Waals surface area contributed by atoms with E-state index in [-0.39, 0.29) is 5.56 Å². The first-order chi connectivity index (χ1) is 9.67. The van der Waals surface area contributed by atoms with Gasteiger partial charge in [-0.1, -0.05) is 23.9 Å². The topological polar surface area (TPSA) is 61.5 Å². The Kier molecular flexibility index (Phi) is 3.84. The average molecular weight is 397 g/mol. The second-order valence-corrected chi connectivity index (χ2v) is 6.46. The quantitative estimate of drug-likeness (QED) is 0.406. The Hall–Kier alpha value is -1.28. The number of thioether (sulfide) groups is 1. The van der Waals surface area contributed by atoms with Gasteiger partial charge in [-0.2, -0.15) is 0 Å². The zero-order valence-corrected chi connectivity index (χ0v) is 13.7. The summed E-state index contributed by atoms with van der Waals surface area (Å²) in [6.07, 6.45) is 4.53. The number of nitrogens with one attached hydrogen (secondary N) is 2. The third-order valence-electron chi connectivity index (χ3n) is 3.09. The van der Waals surface area contributed by atoms with Gasteiger partial charge in [-0.15, -0.1) is 0 Å². The molecule has 0 fully saturated rings. The molecule has 2 N–H and O–H groups in total. The van der Waals surface area contributed by atoms with Crippen LogP contribution in [0.15, 0.2) is 40.4 Å². The number of H-pyrrole nitrogens is 2. The number of hydrogen-bond donors (Lipinski definition) is 2. The van der Waals surface area contributed by atoms with Crippen LogP contribution in [-0.2, 0) is 6.42 Å². The lowest BCUT2D eigenvalue weighted by Crippen LogP contribution is -2.08. The van der Waals surface area contributed by atoms with Crippen LogP contribution in [0, 0.1) is 3.57 Å². The first kappa shape index (κ1) is 13.7. The molecule has 6 heteroatoms. The van der Waals surface area contributed by atoms with E-state index in [1.54, 1.807) is 0 Å². The molecule has 3 rings (SSSR count). The molecule has 3 aromatic rings. The molecule has 0 amide bonds. The van der Waals surface area contributed by atoms with Gasteiger partial charge in [0.1, 0.15) is 11.0 Å². The summed E-state index contributed by atoms with van der Waals surface area (Å²) in [6, 6.07) is 8.36. The maximum atomic E-state index is 11.9. The van der Waals surface area contributed by atoms with Gasteiger partial charge in [-0.25, -0.2) is 4.98 Å². The average Bonchev–Trinajstić information content (AvgIpc) is 2.85. The Balaban J connectivity index is 2.05. The predicted molar refractivity (Wildman–Crippen MR) is 90.5 cm³/mol. The number of nitrogens with zero attached hydrogens (tertiary/aromatic N) is 1. The van der Waals surface area contributed by atoms with Crippen LogP contribution in [-0.4, -0.2) is 21.2 Å². The summed E-state index contributed by atoms with van der Waals surface area (Å²) in [4.78, 5) is 22.2. The maximum absolute atomic E-state index is 11.9. The van der Waals surface area contributed by atoms with Crippen LogP contribution in [0.4, 0.5) is 0 Å². The standard InChI is InChI=1S/C14H12IN3OS/c1-20-14-17-11-9(7-16-12(11)13(19)18-14)6-8-2-4-10(15)5-3-8/h2-5,7,16H,6H2,1H3,(H,17,18,19). The summed E-state index contributed by atoms with van der Waals surface area (Å²) < 4.78 is 1.21. The summed E-state index contributed by atoms with van der Waals surface area (Å²) in [5.41, 5.74) is 3.44. The molecule has 4 nitrogen and oxygen atoms in total. The molecule has 1 aromatic carbocycles. The molecule has 0 saturated carbocycles. The van der Waals surface area contributed by atoms with Crippen LogP contribution in [0.2, 0.25) is 0 Å². The van der Waals surface area contributed by atoms with E-state index in [0.29, 0.717) is 10.7 Å². The van der Waals surface area contributed by atoms with Crippen LogP contribution < -0.4 is 5.56 Å². The van der Waals surface area contributed by atoms with E-state index in [0.717, 1.165) is 17.5 Å². The van der Waals surface area contributed by atoms with Gasteiger partial charge < -0.3 is 4.98 Å². The van der Waals surface area contributed by atoms with Crippen molar-refractivity contribution in [2.45, 2.75) is 11.6 Å². The zero-order valence-electron chi connectivity index (χ0n) is 10.7. The number of aromatic amines is 2. The molecule has 0 radical (unpaired) electrons. The first-order valence-electron chi connectivity index (χ1n) is 6.06. The molecule has 20 heavy (non-hydrogen) atoms. The van der Waals surface area contributed by atoms with Gasteiger partial charge in [0.2, 0.25) is 0 Å². The Bertz CT molecular complexity index is 807. The predicted octanol–water partition coefficient (Wildman–Crippen LogP) is 3.17. The Morgan fingerprint density at radius 2 is 2.05 bits per heavy atom. The van der Waals surface area contributed by atoms with Crippen molar-refractivity contribution in [3.05, 3.63) is 55.5 Å². The first-order valence-corrected chi connectivity index (χ1v) is 8.36. The van der Waals surface area contributed by atoms with E-state index in [9.17, 15) is 4.79 Å². The van der Waals surface area contributed by atoms with Crippen LogP contribution in [0.5, 0.6) is 0 Å². The van der Waals surface area contributed by atoms with Crippen molar-refractivity contribution in [2.24, 2.45) is 0 Å². The van der Waals surface area contributed by atoms with Gasteiger partial charge in [0.25, 0.3) is 5.56 Å². The van der Waals surface area contributed by atoms with E-state index < -0.39 is 0 Å². The van der Waals surface area contributed by atoms with Gasteiger partial charge in [0.15, 0.2) is 5.16 Å². The molecule has 0 saturated heterocycles. The van der Waals surface area contributed by atoms with Gasteiger partial charge in [-0.05, 0) is 46.5 Å². The van der Waals surface area contributed by atoms with E-state index in [1.807, 2.05) is 12.5 Å². The van der Waals surface area contributed by atoms with E-state index in [1.165, 1.54) is 20.9 Å². The van der Waals surface area contributed by atoms with Crippen molar-refractivity contribution >= 4 is 45.4 Å². The molecule has 0 spiro atoms. The number of fused-ring (bicyclic) bond motifs is 1. The minimum Gasteiger partial charge on any atom is -0.355 e. The molecule has 0 unspecified atom stereocenters. The minimum atomic E-state index is -0.117. The second kappa shape index (κ2) is 5.61. The molecule has 0 atom stereocenters. The van der Waals surface area contributed by atoms with E-state index in [4.69, 9.17) is 0 Å². The van der Waals surface area contributed by atoms with Crippen LogP contribution in [0.1, 0.15) is 11.1 Å². The Morgan fingerprint density at radius 3 is 2.75 bits per heavy atom. The minimum absolute atomic E-state index is 0.117. The lowest BCUT2D eigenvalue weighted by molar-refractivity contribution is 0.972. The van der Waals surface area contributed by atoms with Gasteiger partial charge in [0, 0.05) is 21.8 Å². The number of halogens is 1. The normalized spacial score (nSPS) is 11.1. The third kappa shape index (κ3) is 2.62. The molecular formula is C14H12IN3OS. The fourth-order valence-electron chi connectivity index (χ4n) is 2.10. The van der Waals surface area contributed by atoms with Crippen molar-refractivity contribution in [3.8, 4) is 0 Å². The summed E-state index contributed by atoms with van der Waals surface area (Å²) in [5.74, 6) is 0. The Morgan fingerprint density at radius 1 is 1.30 bits per heavy atom. The van der Waals surface area contributed by atoms with Crippen molar-refractivity contribution in [1.29, 1.82) is 0 Å². The highest BCUT2D eigenvalue weighted by molar-refractivity contribution is 14.1. The smallest absolute Gasteiger partial charge is 0.275 e. The maximum Gasteiger partial charge on any atom is 0.275 e. The number of benzene rings is 1. The lowest BCUT2D eigenvalue weighted by Gasteiger charge is -2.01. The fourth-order valence-corrected chi connectivity index (χ4v) is 2.84. The van der Waals surface area contributed by atoms with Gasteiger partial charge >= 0.3 is 0 Å². The summed E-state index contributed by atoms with van der Waals surface area (Å²) >= 11 is 3.72. The van der Waals surface area contributed by atoms with Crippen LogP contribution in [0.25, 0.3) is 11.0 Å². The molecule has 0 aliphatic rings. The molecule has 0 aliphatic heterocycles. The molecule has 2 heterocycles. The SMILES string of the molecule is CSc1nc2c(Cc3ccc(I)cc3)c[nH]c2c(=O)[nH]1. The van der Waals surface area contributed by atoms with Crippen molar-refractivity contribution in [2.75, 3.05) is 6.26 Å². The van der Waals surface area contributed by atoms with Crippen molar-refractivity contribution in [3.63, 3.8) is 0 Å². The largest absolute Gasteiger partial charge is 0.355 e. The van der Waals surface area contributed by atoms with Gasteiger partial charge in [-0.3, -0.25) is 9.78 Å². The number of aromatic nitrogens is 3.